The number of hydrogen-bond donors (Lipinski definition) is 1. The molecule has 1 aromatic carbocycles. The molecule has 3 amide bonds. The molecule has 1 aliphatic rings. The number of rotatable bonds is 3. The standard InChI is InChI=1S/C16H22N2O2S/c1-9-8-10(2)12(4)14(11(9)3)21-13(5)15(19)18-7-6-17-16(18)20/h8,13H,6-7H2,1-5H3,(H,17,20)/t13-/m1/s1. The van der Waals surface area contributed by atoms with E-state index in [2.05, 4.69) is 39.1 Å². The molecule has 1 aliphatic heterocycles. The van der Waals surface area contributed by atoms with Crippen molar-refractivity contribution in [2.24, 2.45) is 0 Å². The van der Waals surface area contributed by atoms with Gasteiger partial charge in [-0.1, -0.05) is 6.07 Å². The van der Waals surface area contributed by atoms with Crippen LogP contribution in [0.2, 0.25) is 0 Å². The lowest BCUT2D eigenvalue weighted by molar-refractivity contribution is -0.126. The number of carbonyl (C=O) groups is 2. The van der Waals surface area contributed by atoms with E-state index in [1.807, 2.05) is 6.92 Å². The fraction of sp³-hybridized carbons (Fsp3) is 0.500. The van der Waals surface area contributed by atoms with Gasteiger partial charge in [-0.2, -0.15) is 0 Å². The van der Waals surface area contributed by atoms with Gasteiger partial charge >= 0.3 is 6.03 Å². The van der Waals surface area contributed by atoms with Crippen LogP contribution in [0, 0.1) is 27.7 Å². The summed E-state index contributed by atoms with van der Waals surface area (Å²) in [6, 6.07) is 1.90. The summed E-state index contributed by atoms with van der Waals surface area (Å²) >= 11 is 1.55. The van der Waals surface area contributed by atoms with Crippen LogP contribution in [0.1, 0.15) is 29.2 Å². The molecule has 114 valence electrons. The second kappa shape index (κ2) is 6.10. The third-order valence-electron chi connectivity index (χ3n) is 4.06. The van der Waals surface area contributed by atoms with Crippen molar-refractivity contribution in [3.63, 3.8) is 0 Å². The third-order valence-corrected chi connectivity index (χ3v) is 5.47. The SMILES string of the molecule is Cc1cc(C)c(C)c(S[C@H](C)C(=O)N2CCNC2=O)c1C. The maximum Gasteiger partial charge on any atom is 0.324 e. The smallest absolute Gasteiger partial charge is 0.324 e. The normalized spacial score (nSPS) is 16.0. The third kappa shape index (κ3) is 3.07. The first-order valence-corrected chi connectivity index (χ1v) is 8.04. The maximum absolute atomic E-state index is 12.4. The Morgan fingerprint density at radius 3 is 2.29 bits per heavy atom. The van der Waals surface area contributed by atoms with Crippen LogP contribution in [-0.4, -0.2) is 35.2 Å². The van der Waals surface area contributed by atoms with Gasteiger partial charge in [0.2, 0.25) is 5.91 Å². The van der Waals surface area contributed by atoms with Gasteiger partial charge in [-0.3, -0.25) is 9.69 Å². The molecule has 0 saturated carbocycles. The van der Waals surface area contributed by atoms with Gasteiger partial charge in [0.25, 0.3) is 0 Å². The van der Waals surface area contributed by atoms with E-state index in [1.165, 1.54) is 27.2 Å². The topological polar surface area (TPSA) is 49.4 Å². The number of aryl methyl sites for hydroxylation is 2. The number of thioether (sulfide) groups is 1. The van der Waals surface area contributed by atoms with Crippen LogP contribution in [0.3, 0.4) is 0 Å². The predicted octanol–water partition coefficient (Wildman–Crippen LogP) is 2.95. The van der Waals surface area contributed by atoms with E-state index in [0.29, 0.717) is 13.1 Å². The number of carbonyl (C=O) groups excluding carboxylic acids is 2. The zero-order valence-electron chi connectivity index (χ0n) is 13.2. The molecule has 0 spiro atoms. The van der Waals surface area contributed by atoms with Gasteiger partial charge in [-0.25, -0.2) is 4.79 Å². The Labute approximate surface area is 130 Å². The first kappa shape index (κ1) is 15.9. The first-order valence-electron chi connectivity index (χ1n) is 7.16. The van der Waals surface area contributed by atoms with Crippen molar-refractivity contribution >= 4 is 23.7 Å². The lowest BCUT2D eigenvalue weighted by atomic mass is 10.0. The van der Waals surface area contributed by atoms with E-state index in [4.69, 9.17) is 0 Å². The molecule has 0 unspecified atom stereocenters. The van der Waals surface area contributed by atoms with E-state index < -0.39 is 0 Å². The zero-order chi connectivity index (χ0) is 15.7. The predicted molar refractivity (Wildman–Crippen MR) is 85.8 cm³/mol. The molecule has 2 rings (SSSR count). The molecule has 4 nitrogen and oxygen atoms in total. The van der Waals surface area contributed by atoms with E-state index in [-0.39, 0.29) is 17.2 Å². The van der Waals surface area contributed by atoms with Crippen LogP contribution in [-0.2, 0) is 4.79 Å². The minimum Gasteiger partial charge on any atom is -0.336 e. The Balaban J connectivity index is 2.22. The van der Waals surface area contributed by atoms with Crippen molar-refractivity contribution in [1.29, 1.82) is 0 Å². The molecule has 0 bridgehead atoms. The summed E-state index contributed by atoms with van der Waals surface area (Å²) in [5.41, 5.74) is 4.90. The molecule has 0 aliphatic carbocycles. The summed E-state index contributed by atoms with van der Waals surface area (Å²) in [5, 5.41) is 2.40. The summed E-state index contributed by atoms with van der Waals surface area (Å²) in [4.78, 5) is 26.5. The van der Waals surface area contributed by atoms with E-state index >= 15 is 0 Å². The average Bonchev–Trinajstić information content (AvgIpc) is 2.86. The Morgan fingerprint density at radius 2 is 1.81 bits per heavy atom. The molecule has 0 aromatic heterocycles. The van der Waals surface area contributed by atoms with Crippen molar-refractivity contribution in [1.82, 2.24) is 10.2 Å². The van der Waals surface area contributed by atoms with Crippen molar-refractivity contribution in [2.75, 3.05) is 13.1 Å². The minimum absolute atomic E-state index is 0.118. The van der Waals surface area contributed by atoms with Crippen LogP contribution >= 0.6 is 11.8 Å². The lowest BCUT2D eigenvalue weighted by Crippen LogP contribution is -2.39. The molecular formula is C16H22N2O2S. The number of nitrogens with one attached hydrogen (secondary N) is 1. The highest BCUT2D eigenvalue weighted by Crippen LogP contribution is 2.34. The first-order chi connectivity index (χ1) is 9.82. The van der Waals surface area contributed by atoms with Crippen LogP contribution in [0.15, 0.2) is 11.0 Å². The number of imide groups is 1. The average molecular weight is 306 g/mol. The van der Waals surface area contributed by atoms with E-state index in [9.17, 15) is 9.59 Å². The minimum atomic E-state index is -0.277. The number of benzene rings is 1. The Bertz CT molecular complexity index is 572. The van der Waals surface area contributed by atoms with E-state index in [0.717, 1.165) is 4.90 Å². The molecular weight excluding hydrogens is 284 g/mol. The highest BCUT2D eigenvalue weighted by Gasteiger charge is 2.30. The Hall–Kier alpha value is -1.49. The van der Waals surface area contributed by atoms with Crippen molar-refractivity contribution in [3.8, 4) is 0 Å². The van der Waals surface area contributed by atoms with Gasteiger partial charge in [-0.15, -0.1) is 11.8 Å². The highest BCUT2D eigenvalue weighted by molar-refractivity contribution is 8.00. The number of nitrogens with zero attached hydrogens (tertiary/aromatic N) is 1. The quantitative estimate of drug-likeness (QED) is 0.874. The summed E-state index contributed by atoms with van der Waals surface area (Å²) in [7, 11) is 0. The molecule has 1 aromatic rings. The Kier molecular flexibility index (Phi) is 4.61. The maximum atomic E-state index is 12.4. The molecule has 21 heavy (non-hydrogen) atoms. The molecule has 1 N–H and O–H groups in total. The molecule has 1 atom stereocenters. The number of amides is 3. The second-order valence-electron chi connectivity index (χ2n) is 5.57. The fourth-order valence-electron chi connectivity index (χ4n) is 2.49. The van der Waals surface area contributed by atoms with Gasteiger partial charge in [0.15, 0.2) is 0 Å². The van der Waals surface area contributed by atoms with Crippen LogP contribution < -0.4 is 5.32 Å². The van der Waals surface area contributed by atoms with Crippen LogP contribution in [0.5, 0.6) is 0 Å². The largest absolute Gasteiger partial charge is 0.336 e. The summed E-state index contributed by atoms with van der Waals surface area (Å²) in [6.07, 6.45) is 0. The van der Waals surface area contributed by atoms with Crippen molar-refractivity contribution in [2.45, 2.75) is 44.8 Å². The van der Waals surface area contributed by atoms with Crippen LogP contribution in [0.4, 0.5) is 4.79 Å². The monoisotopic (exact) mass is 306 g/mol. The molecule has 5 heteroatoms. The Morgan fingerprint density at radius 1 is 1.24 bits per heavy atom. The van der Waals surface area contributed by atoms with Gasteiger partial charge < -0.3 is 5.32 Å². The molecule has 1 saturated heterocycles. The summed E-state index contributed by atoms with van der Waals surface area (Å²) < 4.78 is 0. The fourth-order valence-corrected chi connectivity index (χ4v) is 3.74. The number of hydrogen-bond acceptors (Lipinski definition) is 3. The van der Waals surface area contributed by atoms with E-state index in [1.54, 1.807) is 11.8 Å². The molecule has 0 radical (unpaired) electrons. The molecule has 1 fully saturated rings. The van der Waals surface area contributed by atoms with Gasteiger partial charge in [0.1, 0.15) is 0 Å². The number of urea groups is 1. The second-order valence-corrected chi connectivity index (χ2v) is 6.92. The molecule has 1 heterocycles. The highest BCUT2D eigenvalue weighted by atomic mass is 32.2. The summed E-state index contributed by atoms with van der Waals surface area (Å²) in [5.74, 6) is -0.118. The van der Waals surface area contributed by atoms with Gasteiger partial charge in [-0.05, 0) is 56.9 Å². The van der Waals surface area contributed by atoms with Crippen molar-refractivity contribution in [3.05, 3.63) is 28.3 Å². The van der Waals surface area contributed by atoms with Crippen LogP contribution in [0.25, 0.3) is 0 Å². The zero-order valence-corrected chi connectivity index (χ0v) is 14.1. The van der Waals surface area contributed by atoms with Crippen molar-refractivity contribution < 1.29 is 9.59 Å². The lowest BCUT2D eigenvalue weighted by Gasteiger charge is -2.21. The van der Waals surface area contributed by atoms with Gasteiger partial charge in [0.05, 0.1) is 5.25 Å². The summed E-state index contributed by atoms with van der Waals surface area (Å²) in [6.45, 7) is 11.2. The van der Waals surface area contributed by atoms with Gasteiger partial charge in [0, 0.05) is 18.0 Å².